The number of hydrogen-bond acceptors (Lipinski definition) is 1. The van der Waals surface area contributed by atoms with Crippen LogP contribution in [0.25, 0.3) is 0 Å². The van der Waals surface area contributed by atoms with Gasteiger partial charge >= 0.3 is 0 Å². The molecule has 0 N–H and O–H groups in total. The second-order valence-corrected chi connectivity index (χ2v) is 4.71. The zero-order valence-electron chi connectivity index (χ0n) is 11.1. The van der Waals surface area contributed by atoms with E-state index >= 15 is 0 Å². The van der Waals surface area contributed by atoms with Gasteiger partial charge in [-0.1, -0.05) is 54.6 Å². The Kier molecular flexibility index (Phi) is 3.46. The van der Waals surface area contributed by atoms with E-state index in [1.165, 1.54) is 0 Å². The lowest BCUT2D eigenvalue weighted by Gasteiger charge is -2.09. The van der Waals surface area contributed by atoms with Gasteiger partial charge in [-0.3, -0.25) is 4.79 Å². The van der Waals surface area contributed by atoms with Crippen LogP contribution in [0.1, 0.15) is 21.5 Å². The van der Waals surface area contributed by atoms with Gasteiger partial charge < -0.3 is 4.57 Å². The molecular formula is C18H15NO. The summed E-state index contributed by atoms with van der Waals surface area (Å²) >= 11 is 0. The predicted molar refractivity (Wildman–Crippen MR) is 79.9 cm³/mol. The molecule has 1 aromatic heterocycles. The Balaban J connectivity index is 1.96. The van der Waals surface area contributed by atoms with Crippen LogP contribution < -0.4 is 0 Å². The maximum Gasteiger partial charge on any atom is 0.193 e. The monoisotopic (exact) mass is 261 g/mol. The van der Waals surface area contributed by atoms with Gasteiger partial charge in [0.1, 0.15) is 0 Å². The van der Waals surface area contributed by atoms with Crippen molar-refractivity contribution in [2.24, 2.45) is 0 Å². The maximum atomic E-state index is 12.6. The van der Waals surface area contributed by atoms with E-state index in [1.807, 2.05) is 79.1 Å². The van der Waals surface area contributed by atoms with Crippen molar-refractivity contribution in [1.29, 1.82) is 0 Å². The van der Waals surface area contributed by atoms with Crippen LogP contribution in [0.4, 0.5) is 0 Å². The van der Waals surface area contributed by atoms with E-state index in [2.05, 4.69) is 4.57 Å². The van der Waals surface area contributed by atoms with Crippen molar-refractivity contribution in [3.8, 4) is 0 Å². The van der Waals surface area contributed by atoms with E-state index < -0.39 is 0 Å². The molecule has 98 valence electrons. The fourth-order valence-electron chi connectivity index (χ4n) is 2.30. The highest BCUT2D eigenvalue weighted by Gasteiger charge is 2.12. The van der Waals surface area contributed by atoms with Crippen molar-refractivity contribution in [1.82, 2.24) is 4.57 Å². The lowest BCUT2D eigenvalue weighted by molar-refractivity contribution is 0.103. The number of rotatable bonds is 4. The number of benzene rings is 2. The first-order chi connectivity index (χ1) is 9.84. The van der Waals surface area contributed by atoms with Gasteiger partial charge in [-0.05, 0) is 17.7 Å². The molecule has 3 aromatic rings. The lowest BCUT2D eigenvalue weighted by Crippen LogP contribution is -2.07. The number of carbonyl (C=O) groups excluding carboxylic acids is 1. The molecule has 3 rings (SSSR count). The number of aromatic nitrogens is 1. The minimum Gasteiger partial charge on any atom is -0.350 e. The van der Waals surface area contributed by atoms with E-state index in [1.54, 1.807) is 0 Å². The molecule has 0 aliphatic carbocycles. The maximum absolute atomic E-state index is 12.6. The van der Waals surface area contributed by atoms with Gasteiger partial charge in [0.25, 0.3) is 0 Å². The highest BCUT2D eigenvalue weighted by Crippen LogP contribution is 2.16. The largest absolute Gasteiger partial charge is 0.350 e. The van der Waals surface area contributed by atoms with Crippen molar-refractivity contribution in [3.63, 3.8) is 0 Å². The average molecular weight is 261 g/mol. The molecule has 0 bridgehead atoms. The molecule has 0 unspecified atom stereocenters. The van der Waals surface area contributed by atoms with Crippen LogP contribution in [0.15, 0.2) is 79.1 Å². The molecule has 0 atom stereocenters. The van der Waals surface area contributed by atoms with Gasteiger partial charge in [-0.25, -0.2) is 0 Å². The standard InChI is InChI=1S/C18H15NO/c20-18(15-8-2-1-3-9-15)17-11-5-4-10-16(17)14-19-12-6-7-13-19/h1-13H,14H2. The molecule has 2 nitrogen and oxygen atoms in total. The molecule has 0 amide bonds. The Morgan fingerprint density at radius 1 is 0.800 bits per heavy atom. The van der Waals surface area contributed by atoms with Crippen LogP contribution in [0.2, 0.25) is 0 Å². The predicted octanol–water partition coefficient (Wildman–Crippen LogP) is 3.77. The van der Waals surface area contributed by atoms with Crippen LogP contribution in [0.5, 0.6) is 0 Å². The van der Waals surface area contributed by atoms with Gasteiger partial charge in [0.05, 0.1) is 0 Å². The van der Waals surface area contributed by atoms with Gasteiger partial charge in [-0.15, -0.1) is 0 Å². The Morgan fingerprint density at radius 3 is 2.20 bits per heavy atom. The summed E-state index contributed by atoms with van der Waals surface area (Å²) in [5.74, 6) is 0.0772. The minimum absolute atomic E-state index is 0.0772. The third kappa shape index (κ3) is 2.54. The van der Waals surface area contributed by atoms with Gasteiger partial charge in [0, 0.05) is 30.1 Å². The molecule has 0 spiro atoms. The number of ketones is 1. The molecule has 0 aliphatic rings. The van der Waals surface area contributed by atoms with E-state index in [0.29, 0.717) is 6.54 Å². The zero-order valence-corrected chi connectivity index (χ0v) is 11.1. The Hall–Kier alpha value is -2.61. The van der Waals surface area contributed by atoms with Gasteiger partial charge in [0.15, 0.2) is 5.78 Å². The number of carbonyl (C=O) groups is 1. The van der Waals surface area contributed by atoms with Crippen LogP contribution in [-0.2, 0) is 6.54 Å². The Morgan fingerprint density at radius 2 is 1.45 bits per heavy atom. The third-order valence-electron chi connectivity index (χ3n) is 3.32. The first-order valence-electron chi connectivity index (χ1n) is 6.63. The third-order valence-corrected chi connectivity index (χ3v) is 3.32. The molecule has 1 heterocycles. The fraction of sp³-hybridized carbons (Fsp3) is 0.0556. The van der Waals surface area contributed by atoms with Crippen LogP contribution in [0.3, 0.4) is 0 Å². The van der Waals surface area contributed by atoms with Crippen molar-refractivity contribution in [2.75, 3.05) is 0 Å². The van der Waals surface area contributed by atoms with Crippen LogP contribution in [-0.4, -0.2) is 10.4 Å². The fourth-order valence-corrected chi connectivity index (χ4v) is 2.30. The van der Waals surface area contributed by atoms with E-state index in [0.717, 1.165) is 16.7 Å². The first kappa shape index (κ1) is 12.4. The van der Waals surface area contributed by atoms with Crippen LogP contribution >= 0.6 is 0 Å². The highest BCUT2D eigenvalue weighted by atomic mass is 16.1. The molecule has 2 aromatic carbocycles. The molecule has 0 radical (unpaired) electrons. The number of hydrogen-bond donors (Lipinski definition) is 0. The Bertz CT molecular complexity index is 699. The quantitative estimate of drug-likeness (QED) is 0.655. The second kappa shape index (κ2) is 5.57. The normalized spacial score (nSPS) is 10.4. The summed E-state index contributed by atoms with van der Waals surface area (Å²) < 4.78 is 2.07. The van der Waals surface area contributed by atoms with Crippen molar-refractivity contribution in [3.05, 3.63) is 95.8 Å². The molecule has 20 heavy (non-hydrogen) atoms. The highest BCUT2D eigenvalue weighted by molar-refractivity contribution is 6.09. The molecular weight excluding hydrogens is 246 g/mol. The molecule has 0 saturated heterocycles. The van der Waals surface area contributed by atoms with E-state index in [9.17, 15) is 4.79 Å². The van der Waals surface area contributed by atoms with Crippen LogP contribution in [0, 0.1) is 0 Å². The van der Waals surface area contributed by atoms with Crippen molar-refractivity contribution in [2.45, 2.75) is 6.54 Å². The summed E-state index contributed by atoms with van der Waals surface area (Å²) in [4.78, 5) is 12.6. The Labute approximate surface area is 118 Å². The summed E-state index contributed by atoms with van der Waals surface area (Å²) in [5.41, 5.74) is 2.54. The summed E-state index contributed by atoms with van der Waals surface area (Å²) in [6.07, 6.45) is 4.01. The average Bonchev–Trinajstić information content (AvgIpc) is 3.01. The number of nitrogens with zero attached hydrogens (tertiary/aromatic N) is 1. The molecule has 0 aliphatic heterocycles. The molecule has 0 fully saturated rings. The van der Waals surface area contributed by atoms with Crippen molar-refractivity contribution >= 4 is 5.78 Å². The minimum atomic E-state index is 0.0772. The summed E-state index contributed by atoms with van der Waals surface area (Å²) in [6.45, 7) is 0.710. The lowest BCUT2D eigenvalue weighted by atomic mass is 9.98. The van der Waals surface area contributed by atoms with E-state index in [4.69, 9.17) is 0 Å². The zero-order chi connectivity index (χ0) is 13.8. The summed E-state index contributed by atoms with van der Waals surface area (Å²) in [5, 5.41) is 0. The summed E-state index contributed by atoms with van der Waals surface area (Å²) in [6, 6.07) is 21.2. The van der Waals surface area contributed by atoms with Crippen molar-refractivity contribution < 1.29 is 4.79 Å². The molecule has 2 heteroatoms. The smallest absolute Gasteiger partial charge is 0.193 e. The first-order valence-corrected chi connectivity index (χ1v) is 6.63. The molecule has 0 saturated carbocycles. The topological polar surface area (TPSA) is 22.0 Å². The summed E-state index contributed by atoms with van der Waals surface area (Å²) in [7, 11) is 0. The van der Waals surface area contributed by atoms with Gasteiger partial charge in [0.2, 0.25) is 0 Å². The van der Waals surface area contributed by atoms with Gasteiger partial charge in [-0.2, -0.15) is 0 Å². The van der Waals surface area contributed by atoms with E-state index in [-0.39, 0.29) is 5.78 Å². The SMILES string of the molecule is O=C(c1ccccc1)c1ccccc1Cn1cccc1. The second-order valence-electron chi connectivity index (χ2n) is 4.71.